The molecule has 0 unspecified atom stereocenters. The van der Waals surface area contributed by atoms with Gasteiger partial charge in [-0.05, 0) is 37.3 Å². The maximum atomic E-state index is 12.9. The third-order valence-corrected chi connectivity index (χ3v) is 7.07. The van der Waals surface area contributed by atoms with E-state index in [1.165, 1.54) is 22.5 Å². The van der Waals surface area contributed by atoms with Crippen molar-refractivity contribution < 1.29 is 17.9 Å². The second-order valence-corrected chi connectivity index (χ2v) is 8.95. The maximum Gasteiger partial charge on any atom is 0.257 e. The summed E-state index contributed by atoms with van der Waals surface area (Å²) in [4.78, 5) is 14.5. The molecule has 0 spiro atoms. The van der Waals surface area contributed by atoms with Gasteiger partial charge in [-0.2, -0.15) is 4.31 Å². The summed E-state index contributed by atoms with van der Waals surface area (Å²) in [6.07, 6.45) is 0. The van der Waals surface area contributed by atoms with Crippen molar-refractivity contribution in [3.05, 3.63) is 58.1 Å². The molecule has 28 heavy (non-hydrogen) atoms. The van der Waals surface area contributed by atoms with E-state index in [1.807, 2.05) is 6.92 Å². The van der Waals surface area contributed by atoms with Crippen molar-refractivity contribution in [1.29, 1.82) is 0 Å². The first-order chi connectivity index (χ1) is 13.3. The first kappa shape index (κ1) is 20.9. The maximum absolute atomic E-state index is 12.9. The van der Waals surface area contributed by atoms with E-state index in [2.05, 4.69) is 0 Å². The van der Waals surface area contributed by atoms with Crippen molar-refractivity contribution in [3.8, 4) is 5.75 Å². The number of nitrogens with zero attached hydrogens (tertiary/aromatic N) is 2. The zero-order valence-electron chi connectivity index (χ0n) is 15.3. The molecule has 1 fully saturated rings. The highest BCUT2D eigenvalue weighted by Gasteiger charge is 2.32. The van der Waals surface area contributed by atoms with Crippen LogP contribution < -0.4 is 4.74 Å². The van der Waals surface area contributed by atoms with Gasteiger partial charge in [0.15, 0.2) is 0 Å². The van der Waals surface area contributed by atoms with Gasteiger partial charge in [0.2, 0.25) is 10.0 Å². The fourth-order valence-electron chi connectivity index (χ4n) is 3.04. The zero-order valence-corrected chi connectivity index (χ0v) is 17.6. The van der Waals surface area contributed by atoms with Crippen molar-refractivity contribution in [3.63, 3.8) is 0 Å². The Morgan fingerprint density at radius 3 is 2.43 bits per heavy atom. The summed E-state index contributed by atoms with van der Waals surface area (Å²) >= 11 is 12.0. The highest BCUT2D eigenvalue weighted by molar-refractivity contribution is 7.89. The number of halogens is 2. The lowest BCUT2D eigenvalue weighted by Crippen LogP contribution is -2.50. The fourth-order valence-corrected chi connectivity index (χ4v) is 5.20. The normalized spacial score (nSPS) is 15.5. The van der Waals surface area contributed by atoms with E-state index in [0.717, 1.165) is 0 Å². The topological polar surface area (TPSA) is 66.9 Å². The number of carbonyl (C=O) groups excluding carboxylic acids is 1. The van der Waals surface area contributed by atoms with E-state index in [9.17, 15) is 13.2 Å². The molecule has 1 saturated heterocycles. The Kier molecular flexibility index (Phi) is 6.50. The van der Waals surface area contributed by atoms with Gasteiger partial charge in [-0.25, -0.2) is 8.42 Å². The van der Waals surface area contributed by atoms with Crippen LogP contribution >= 0.6 is 23.2 Å². The molecule has 3 rings (SSSR count). The molecular weight excluding hydrogens is 423 g/mol. The predicted molar refractivity (Wildman–Crippen MR) is 109 cm³/mol. The standard InChI is InChI=1S/C19H20Cl2N2O4S/c1-2-27-17-6-4-3-5-15(17)19(24)22-9-11-23(12-10-22)28(25,26)18-13-14(20)7-8-16(18)21/h3-8,13H,2,9-12H2,1H3. The van der Waals surface area contributed by atoms with E-state index in [4.69, 9.17) is 27.9 Å². The lowest BCUT2D eigenvalue weighted by Gasteiger charge is -2.34. The summed E-state index contributed by atoms with van der Waals surface area (Å²) in [5.74, 6) is 0.345. The molecule has 1 aliphatic rings. The summed E-state index contributed by atoms with van der Waals surface area (Å²) in [7, 11) is -3.79. The number of carbonyl (C=O) groups is 1. The molecule has 6 nitrogen and oxygen atoms in total. The van der Waals surface area contributed by atoms with Crippen LogP contribution in [0.1, 0.15) is 17.3 Å². The van der Waals surface area contributed by atoms with Gasteiger partial charge in [0.25, 0.3) is 5.91 Å². The van der Waals surface area contributed by atoms with Gasteiger partial charge in [0, 0.05) is 31.2 Å². The number of ether oxygens (including phenoxy) is 1. The van der Waals surface area contributed by atoms with Crippen molar-refractivity contribution >= 4 is 39.1 Å². The lowest BCUT2D eigenvalue weighted by molar-refractivity contribution is 0.0693. The first-order valence-electron chi connectivity index (χ1n) is 8.81. The molecule has 0 radical (unpaired) electrons. The quantitative estimate of drug-likeness (QED) is 0.709. The number of benzene rings is 2. The molecule has 1 amide bonds. The minimum absolute atomic E-state index is 0.0249. The van der Waals surface area contributed by atoms with Crippen molar-refractivity contribution in [1.82, 2.24) is 9.21 Å². The SMILES string of the molecule is CCOc1ccccc1C(=O)N1CCN(S(=O)(=O)c2cc(Cl)ccc2Cl)CC1. The summed E-state index contributed by atoms with van der Waals surface area (Å²) in [5, 5.41) is 0.415. The molecule has 2 aromatic carbocycles. The summed E-state index contributed by atoms with van der Waals surface area (Å²) in [6.45, 7) is 3.21. The van der Waals surface area contributed by atoms with Gasteiger partial charge in [-0.1, -0.05) is 35.3 Å². The number of amides is 1. The number of piperazine rings is 1. The molecule has 0 aliphatic carbocycles. The molecule has 0 aromatic heterocycles. The number of sulfonamides is 1. The molecule has 1 aliphatic heterocycles. The molecule has 0 atom stereocenters. The Bertz CT molecular complexity index is 974. The van der Waals surface area contributed by atoms with Gasteiger partial charge in [-0.3, -0.25) is 4.79 Å². The van der Waals surface area contributed by atoms with Crippen LogP contribution in [0, 0.1) is 0 Å². The summed E-state index contributed by atoms with van der Waals surface area (Å²) in [5.41, 5.74) is 0.471. The van der Waals surface area contributed by atoms with Gasteiger partial charge in [0.05, 0.1) is 17.2 Å². The number of hydrogen-bond acceptors (Lipinski definition) is 4. The Hall–Kier alpha value is -1.80. The molecule has 9 heteroatoms. The Morgan fingerprint density at radius 2 is 1.75 bits per heavy atom. The van der Waals surface area contributed by atoms with Crippen molar-refractivity contribution in [2.45, 2.75) is 11.8 Å². The second kappa shape index (κ2) is 8.69. The van der Waals surface area contributed by atoms with Crippen LogP contribution in [-0.2, 0) is 10.0 Å². The largest absolute Gasteiger partial charge is 0.493 e. The van der Waals surface area contributed by atoms with Crippen LogP contribution in [0.15, 0.2) is 47.4 Å². The molecule has 0 N–H and O–H groups in total. The first-order valence-corrected chi connectivity index (χ1v) is 11.0. The summed E-state index contributed by atoms with van der Waals surface area (Å²) < 4.78 is 32.7. The Labute approximate surface area is 174 Å². The highest BCUT2D eigenvalue weighted by atomic mass is 35.5. The molecule has 1 heterocycles. The molecule has 150 valence electrons. The van der Waals surface area contributed by atoms with Crippen LogP contribution in [0.3, 0.4) is 0 Å². The predicted octanol–water partition coefficient (Wildman–Crippen LogP) is 3.54. The van der Waals surface area contributed by atoms with E-state index in [-0.39, 0.29) is 42.0 Å². The Morgan fingerprint density at radius 1 is 1.07 bits per heavy atom. The van der Waals surface area contributed by atoms with Gasteiger partial charge in [-0.15, -0.1) is 0 Å². The van der Waals surface area contributed by atoms with Crippen LogP contribution in [0.4, 0.5) is 0 Å². The second-order valence-electron chi connectivity index (χ2n) is 6.20. The van der Waals surface area contributed by atoms with Crippen molar-refractivity contribution in [2.75, 3.05) is 32.8 Å². The third kappa shape index (κ3) is 4.27. The average Bonchev–Trinajstić information content (AvgIpc) is 2.70. The van der Waals surface area contributed by atoms with E-state index >= 15 is 0 Å². The van der Waals surface area contributed by atoms with E-state index in [0.29, 0.717) is 22.9 Å². The average molecular weight is 443 g/mol. The number of hydrogen-bond donors (Lipinski definition) is 0. The van der Waals surface area contributed by atoms with Crippen LogP contribution in [-0.4, -0.2) is 56.3 Å². The molecule has 0 saturated carbocycles. The highest BCUT2D eigenvalue weighted by Crippen LogP contribution is 2.28. The van der Waals surface area contributed by atoms with Gasteiger partial charge in [0.1, 0.15) is 10.6 Å². The van der Waals surface area contributed by atoms with E-state index < -0.39 is 10.0 Å². The fraction of sp³-hybridized carbons (Fsp3) is 0.316. The number of para-hydroxylation sites is 1. The van der Waals surface area contributed by atoms with E-state index in [1.54, 1.807) is 29.2 Å². The minimum Gasteiger partial charge on any atom is -0.493 e. The van der Waals surface area contributed by atoms with Crippen LogP contribution in [0.25, 0.3) is 0 Å². The number of rotatable bonds is 5. The Balaban J connectivity index is 1.74. The molecular formula is C19H20Cl2N2O4S. The minimum atomic E-state index is -3.79. The molecule has 0 bridgehead atoms. The monoisotopic (exact) mass is 442 g/mol. The smallest absolute Gasteiger partial charge is 0.257 e. The van der Waals surface area contributed by atoms with Gasteiger partial charge < -0.3 is 9.64 Å². The lowest BCUT2D eigenvalue weighted by atomic mass is 10.1. The van der Waals surface area contributed by atoms with Crippen LogP contribution in [0.2, 0.25) is 10.0 Å². The van der Waals surface area contributed by atoms with Crippen molar-refractivity contribution in [2.24, 2.45) is 0 Å². The van der Waals surface area contributed by atoms with Crippen LogP contribution in [0.5, 0.6) is 5.75 Å². The third-order valence-electron chi connectivity index (χ3n) is 4.45. The van der Waals surface area contributed by atoms with Gasteiger partial charge >= 0.3 is 0 Å². The molecule has 2 aromatic rings. The zero-order chi connectivity index (χ0) is 20.3. The summed E-state index contributed by atoms with van der Waals surface area (Å²) in [6, 6.07) is 11.4.